The summed E-state index contributed by atoms with van der Waals surface area (Å²) in [6, 6.07) is 2.86. The highest BCUT2D eigenvalue weighted by Crippen LogP contribution is 2.15. The lowest BCUT2D eigenvalue weighted by molar-refractivity contribution is 0.509. The molecule has 0 N–H and O–H groups in total. The molecule has 0 aliphatic carbocycles. The largest absolute Gasteiger partial charge is 0.706 e. The second-order valence-corrected chi connectivity index (χ2v) is 1.70. The molecule has 4 heteroatoms. The lowest BCUT2D eigenvalue weighted by Gasteiger charge is -1.96. The van der Waals surface area contributed by atoms with Gasteiger partial charge in [-0.25, -0.2) is 8.78 Å². The van der Waals surface area contributed by atoms with E-state index in [9.17, 15) is 8.78 Å². The van der Waals surface area contributed by atoms with Crippen LogP contribution in [0.25, 0.3) is 5.53 Å². The molecule has 0 unspecified atom stereocenters. The minimum absolute atomic E-state index is 0.00102. The van der Waals surface area contributed by atoms with Gasteiger partial charge in [0.25, 0.3) is 0 Å². The van der Waals surface area contributed by atoms with Gasteiger partial charge in [-0.05, 0) is 12.1 Å². The second-order valence-electron chi connectivity index (χ2n) is 1.70. The third kappa shape index (κ3) is 1.15. The zero-order valence-corrected chi connectivity index (χ0v) is 4.88. The van der Waals surface area contributed by atoms with Gasteiger partial charge in [-0.2, -0.15) is 0 Å². The summed E-state index contributed by atoms with van der Waals surface area (Å²) in [5.74, 6) is -1.97. The van der Waals surface area contributed by atoms with Crippen LogP contribution in [0.5, 0.6) is 0 Å². The number of hydrogen-bond donors (Lipinski definition) is 0. The van der Waals surface area contributed by atoms with E-state index in [4.69, 9.17) is 5.53 Å². The molecule has 0 saturated heterocycles. The monoisotopic (exact) mass is 141 g/mol. The number of rotatable bonds is 1. The van der Waals surface area contributed by atoms with Gasteiger partial charge < -0.3 is 10.6 Å². The van der Waals surface area contributed by atoms with Crippen molar-refractivity contribution in [1.29, 1.82) is 0 Å². The molecule has 0 amide bonds. The summed E-state index contributed by atoms with van der Waals surface area (Å²) in [6.45, 7) is 0. The van der Waals surface area contributed by atoms with E-state index in [2.05, 4.69) is 5.11 Å². The average Bonchev–Trinajstić information content (AvgIpc) is 1.95. The Morgan fingerprint density at radius 3 is 2.40 bits per heavy atom. The highest BCUT2D eigenvalue weighted by atomic mass is 19.2. The van der Waals surface area contributed by atoms with Crippen LogP contribution in [-0.2, 0) is 0 Å². The fourth-order valence-electron chi connectivity index (χ4n) is 0.547. The van der Waals surface area contributed by atoms with Crippen molar-refractivity contribution in [1.82, 2.24) is 0 Å². The molecule has 0 atom stereocenters. The van der Waals surface area contributed by atoms with Crippen molar-refractivity contribution >= 4 is 5.69 Å². The van der Waals surface area contributed by atoms with E-state index >= 15 is 0 Å². The van der Waals surface area contributed by atoms with Gasteiger partial charge in [0.1, 0.15) is 0 Å². The van der Waals surface area contributed by atoms with E-state index in [-0.39, 0.29) is 5.69 Å². The fourth-order valence-corrected chi connectivity index (χ4v) is 0.547. The maximum atomic E-state index is 12.2. The number of hydrogen-bond acceptors (Lipinski definition) is 1. The van der Waals surface area contributed by atoms with Crippen molar-refractivity contribution < 1.29 is 8.78 Å². The first-order valence-electron chi connectivity index (χ1n) is 2.54. The average molecular weight is 141 g/mol. The quantitative estimate of drug-likeness (QED) is 0.539. The molecular weight excluding hydrogens is 138 g/mol. The lowest BCUT2D eigenvalue weighted by atomic mass is 10.3. The smallest absolute Gasteiger partial charge is 0.160 e. The Kier molecular flexibility index (Phi) is 1.71. The normalized spacial score (nSPS) is 9.40. The fraction of sp³-hybridized carbons (Fsp3) is 0. The molecule has 0 spiro atoms. The Hall–Kier alpha value is -1.32. The van der Waals surface area contributed by atoms with Crippen molar-refractivity contribution in [2.75, 3.05) is 0 Å². The SMILES string of the molecule is [N-]=Nc1ccc(F)c(F)c1. The van der Waals surface area contributed by atoms with E-state index in [1.165, 1.54) is 6.07 Å². The van der Waals surface area contributed by atoms with Crippen molar-refractivity contribution in [3.63, 3.8) is 0 Å². The van der Waals surface area contributed by atoms with E-state index < -0.39 is 11.6 Å². The molecule has 0 bridgehead atoms. The minimum Gasteiger partial charge on any atom is -0.706 e. The van der Waals surface area contributed by atoms with Gasteiger partial charge in [0.2, 0.25) is 0 Å². The summed E-state index contributed by atoms with van der Waals surface area (Å²) in [6.07, 6.45) is 0. The molecule has 0 aliphatic heterocycles. The van der Waals surface area contributed by atoms with Gasteiger partial charge in [-0.3, -0.25) is 0 Å². The van der Waals surface area contributed by atoms with Crippen molar-refractivity contribution in [2.24, 2.45) is 5.11 Å². The Labute approximate surface area is 56.0 Å². The first kappa shape index (κ1) is 6.80. The van der Waals surface area contributed by atoms with Crippen LogP contribution in [0.1, 0.15) is 0 Å². The second kappa shape index (κ2) is 2.51. The van der Waals surface area contributed by atoms with Crippen LogP contribution in [0.4, 0.5) is 14.5 Å². The standard InChI is InChI=1S/C6H3F2N2/c7-5-2-1-4(10-9)3-6(5)8/h1-3H/q-1. The van der Waals surface area contributed by atoms with Crippen molar-refractivity contribution in [3.8, 4) is 0 Å². The molecule has 0 heterocycles. The van der Waals surface area contributed by atoms with Crippen molar-refractivity contribution in [3.05, 3.63) is 35.4 Å². The summed E-state index contributed by atoms with van der Waals surface area (Å²) < 4.78 is 24.4. The number of nitrogens with zero attached hydrogens (tertiary/aromatic N) is 2. The molecule has 2 nitrogen and oxygen atoms in total. The van der Waals surface area contributed by atoms with Crippen LogP contribution >= 0.6 is 0 Å². The predicted octanol–water partition coefficient (Wildman–Crippen LogP) is 2.62. The minimum atomic E-state index is -1.02. The highest BCUT2D eigenvalue weighted by molar-refractivity contribution is 5.36. The molecule has 1 aromatic carbocycles. The topological polar surface area (TPSA) is 34.7 Å². The molecule has 1 rings (SSSR count). The third-order valence-electron chi connectivity index (χ3n) is 1.02. The van der Waals surface area contributed by atoms with E-state index in [0.29, 0.717) is 0 Å². The molecule has 0 saturated carbocycles. The molecule has 0 aliphatic rings. The summed E-state index contributed by atoms with van der Waals surface area (Å²) in [5, 5.41) is 2.67. The maximum Gasteiger partial charge on any atom is 0.160 e. The first-order chi connectivity index (χ1) is 4.74. The lowest BCUT2D eigenvalue weighted by Crippen LogP contribution is -1.79. The Bertz CT molecular complexity index is 260. The van der Waals surface area contributed by atoms with E-state index in [1.54, 1.807) is 0 Å². The van der Waals surface area contributed by atoms with Gasteiger partial charge in [0.05, 0.1) is 0 Å². The highest BCUT2D eigenvalue weighted by Gasteiger charge is 1.98. The van der Waals surface area contributed by atoms with Crippen LogP contribution < -0.4 is 0 Å². The van der Waals surface area contributed by atoms with Crippen LogP contribution in [0.3, 0.4) is 0 Å². The molecule has 1 aromatic rings. The molecule has 52 valence electrons. The van der Waals surface area contributed by atoms with Gasteiger partial charge in [-0.1, -0.05) is 0 Å². The number of halogens is 2. The van der Waals surface area contributed by atoms with Crippen LogP contribution in [0.15, 0.2) is 23.3 Å². The molecular formula is C6H3F2N2-. The maximum absolute atomic E-state index is 12.2. The van der Waals surface area contributed by atoms with Crippen LogP contribution in [0, 0.1) is 11.6 Å². The van der Waals surface area contributed by atoms with Gasteiger partial charge in [-0.15, -0.1) is 0 Å². The zero-order valence-electron chi connectivity index (χ0n) is 4.88. The van der Waals surface area contributed by atoms with Crippen LogP contribution in [0.2, 0.25) is 0 Å². The third-order valence-corrected chi connectivity index (χ3v) is 1.02. The Balaban J connectivity index is 3.16. The Morgan fingerprint density at radius 1 is 1.20 bits per heavy atom. The first-order valence-corrected chi connectivity index (χ1v) is 2.54. The molecule has 0 radical (unpaired) electrons. The van der Waals surface area contributed by atoms with Crippen LogP contribution in [-0.4, -0.2) is 0 Å². The predicted molar refractivity (Wildman–Crippen MR) is 31.8 cm³/mol. The zero-order chi connectivity index (χ0) is 7.56. The van der Waals surface area contributed by atoms with Gasteiger partial charge in [0.15, 0.2) is 11.6 Å². The molecule has 0 aromatic heterocycles. The Morgan fingerprint density at radius 2 is 1.90 bits per heavy atom. The summed E-state index contributed by atoms with van der Waals surface area (Å²) in [4.78, 5) is 0. The van der Waals surface area contributed by atoms with Crippen molar-refractivity contribution in [2.45, 2.75) is 0 Å². The summed E-state index contributed by atoms with van der Waals surface area (Å²) >= 11 is 0. The summed E-state index contributed by atoms with van der Waals surface area (Å²) in [7, 11) is 0. The van der Waals surface area contributed by atoms with Gasteiger partial charge >= 0.3 is 0 Å². The molecule has 10 heavy (non-hydrogen) atoms. The summed E-state index contributed by atoms with van der Waals surface area (Å²) in [5.41, 5.74) is 8.09. The molecule has 0 fully saturated rings. The van der Waals surface area contributed by atoms with E-state index in [1.807, 2.05) is 0 Å². The van der Waals surface area contributed by atoms with E-state index in [0.717, 1.165) is 12.1 Å². The number of benzene rings is 1. The van der Waals surface area contributed by atoms with Gasteiger partial charge in [0, 0.05) is 11.8 Å².